The summed E-state index contributed by atoms with van der Waals surface area (Å²) in [6, 6.07) is 9.58. The van der Waals surface area contributed by atoms with Gasteiger partial charge in [0.15, 0.2) is 17.8 Å². The maximum atomic E-state index is 13.4. The largest absolute Gasteiger partial charge is 0.443 e. The molecule has 1 aliphatic rings. The highest BCUT2D eigenvalue weighted by Gasteiger charge is 2.25. The van der Waals surface area contributed by atoms with Crippen molar-refractivity contribution in [3.63, 3.8) is 0 Å². The zero-order valence-electron chi connectivity index (χ0n) is 16.5. The highest BCUT2D eigenvalue weighted by atomic mass is 16.5. The molecule has 29 heavy (non-hydrogen) atoms. The van der Waals surface area contributed by atoms with Crippen molar-refractivity contribution < 1.29 is 13.9 Å². The average Bonchev–Trinajstić information content (AvgIpc) is 3.41. The van der Waals surface area contributed by atoms with Gasteiger partial charge in [0.1, 0.15) is 5.82 Å². The minimum absolute atomic E-state index is 0.158. The Morgan fingerprint density at radius 2 is 1.97 bits per heavy atom. The van der Waals surface area contributed by atoms with Crippen LogP contribution in [0.1, 0.15) is 16.3 Å². The van der Waals surface area contributed by atoms with E-state index >= 15 is 0 Å². The third-order valence-electron chi connectivity index (χ3n) is 5.14. The van der Waals surface area contributed by atoms with Gasteiger partial charge in [-0.05, 0) is 0 Å². The Kier molecular flexibility index (Phi) is 6.02. The lowest BCUT2D eigenvalue weighted by molar-refractivity contribution is 0.0318. The molecule has 3 heterocycles. The second-order valence-electron chi connectivity index (χ2n) is 7.03. The Labute approximate surface area is 169 Å². The van der Waals surface area contributed by atoms with Gasteiger partial charge in [0, 0.05) is 51.2 Å². The predicted molar refractivity (Wildman–Crippen MR) is 107 cm³/mol. The van der Waals surface area contributed by atoms with Gasteiger partial charge in [-0.25, -0.2) is 9.97 Å². The molecule has 0 bridgehead atoms. The molecule has 0 spiro atoms. The highest BCUT2D eigenvalue weighted by Crippen LogP contribution is 2.24. The van der Waals surface area contributed by atoms with Gasteiger partial charge in [0.05, 0.1) is 19.8 Å². The molecule has 3 aromatic rings. The molecule has 1 aromatic carbocycles. The van der Waals surface area contributed by atoms with Crippen molar-refractivity contribution in [3.8, 4) is 11.3 Å². The number of carbonyl (C=O) groups is 1. The molecule has 0 aliphatic carbocycles. The summed E-state index contributed by atoms with van der Waals surface area (Å²) in [6.07, 6.45) is 4.95. The summed E-state index contributed by atoms with van der Waals surface area (Å²) in [6.45, 7) is 4.98. The first kappa shape index (κ1) is 19.4. The molecule has 0 N–H and O–H groups in total. The zero-order valence-corrected chi connectivity index (χ0v) is 16.5. The Morgan fingerprint density at radius 3 is 2.69 bits per heavy atom. The average molecular weight is 395 g/mol. The number of aryl methyl sites for hydroxylation is 1. The summed E-state index contributed by atoms with van der Waals surface area (Å²) < 4.78 is 12.9. The normalized spacial score (nSPS) is 14.8. The molecule has 4 rings (SSSR count). The predicted octanol–water partition coefficient (Wildman–Crippen LogP) is 2.05. The van der Waals surface area contributed by atoms with Crippen LogP contribution in [0, 0.1) is 0 Å². The molecular weight excluding hydrogens is 370 g/mol. The molecule has 0 saturated carbocycles. The summed E-state index contributed by atoms with van der Waals surface area (Å²) in [5, 5.41) is 0. The minimum Gasteiger partial charge on any atom is -0.443 e. The molecule has 1 amide bonds. The van der Waals surface area contributed by atoms with Crippen molar-refractivity contribution in [1.29, 1.82) is 0 Å². The number of aromatic nitrogens is 3. The third-order valence-corrected chi connectivity index (χ3v) is 5.14. The highest BCUT2D eigenvalue weighted by molar-refractivity contribution is 5.97. The van der Waals surface area contributed by atoms with Gasteiger partial charge >= 0.3 is 0 Å². The number of hydrogen-bond acceptors (Lipinski definition) is 6. The summed E-state index contributed by atoms with van der Waals surface area (Å²) >= 11 is 0. The number of nitrogens with zero attached hydrogens (tertiary/aromatic N) is 5. The van der Waals surface area contributed by atoms with Crippen LogP contribution in [-0.4, -0.2) is 69.6 Å². The van der Waals surface area contributed by atoms with E-state index in [2.05, 4.69) is 14.9 Å². The second kappa shape index (κ2) is 9.02. The Bertz CT molecular complexity index is 931. The zero-order chi connectivity index (χ0) is 20.1. The molecule has 1 fully saturated rings. The number of oxazole rings is 1. The minimum atomic E-state index is -0.158. The van der Waals surface area contributed by atoms with Crippen LogP contribution in [0.5, 0.6) is 0 Å². The van der Waals surface area contributed by atoms with Crippen LogP contribution < -0.4 is 0 Å². The molecule has 2 aromatic heterocycles. The summed E-state index contributed by atoms with van der Waals surface area (Å²) in [4.78, 5) is 26.2. The van der Waals surface area contributed by atoms with Crippen molar-refractivity contribution in [3.05, 3.63) is 60.6 Å². The van der Waals surface area contributed by atoms with E-state index in [1.54, 1.807) is 11.1 Å². The molecule has 1 saturated heterocycles. The second-order valence-corrected chi connectivity index (χ2v) is 7.03. The monoisotopic (exact) mass is 395 g/mol. The van der Waals surface area contributed by atoms with Gasteiger partial charge in [0.25, 0.3) is 5.91 Å². The molecule has 8 nitrogen and oxygen atoms in total. The van der Waals surface area contributed by atoms with Crippen molar-refractivity contribution in [2.75, 3.05) is 39.4 Å². The lowest BCUT2D eigenvalue weighted by Gasteiger charge is -2.29. The first-order chi connectivity index (χ1) is 14.2. The van der Waals surface area contributed by atoms with Gasteiger partial charge in [-0.2, -0.15) is 0 Å². The van der Waals surface area contributed by atoms with Crippen molar-refractivity contribution in [1.82, 2.24) is 24.3 Å². The van der Waals surface area contributed by atoms with Gasteiger partial charge in [-0.15, -0.1) is 0 Å². The van der Waals surface area contributed by atoms with Crippen LogP contribution >= 0.6 is 0 Å². The van der Waals surface area contributed by atoms with Gasteiger partial charge < -0.3 is 18.6 Å². The van der Waals surface area contributed by atoms with Gasteiger partial charge in [0.2, 0.25) is 0 Å². The molecular formula is C21H25N5O3. The summed E-state index contributed by atoms with van der Waals surface area (Å²) in [5.74, 6) is 1.16. The van der Waals surface area contributed by atoms with E-state index in [9.17, 15) is 4.79 Å². The van der Waals surface area contributed by atoms with Crippen molar-refractivity contribution in [2.45, 2.75) is 6.54 Å². The quantitative estimate of drug-likeness (QED) is 0.609. The number of rotatable bonds is 7. The SMILES string of the molecule is Cn1ccnc1CN(CCN1CCOCC1)C(=O)c1ncoc1-c1ccccc1. The fraction of sp³-hybridized carbons (Fsp3) is 0.381. The Balaban J connectivity index is 1.56. The smallest absolute Gasteiger partial charge is 0.276 e. The number of morpholine rings is 1. The Hall–Kier alpha value is -2.97. The lowest BCUT2D eigenvalue weighted by atomic mass is 10.1. The number of hydrogen-bond donors (Lipinski definition) is 0. The topological polar surface area (TPSA) is 76.6 Å². The van der Waals surface area contributed by atoms with Crippen LogP contribution in [0.15, 0.2) is 53.5 Å². The van der Waals surface area contributed by atoms with Gasteiger partial charge in [-0.3, -0.25) is 9.69 Å². The Morgan fingerprint density at radius 1 is 1.17 bits per heavy atom. The van der Waals surface area contributed by atoms with E-state index in [0.717, 1.165) is 44.2 Å². The van der Waals surface area contributed by atoms with E-state index in [0.29, 0.717) is 24.5 Å². The van der Waals surface area contributed by atoms with Gasteiger partial charge in [-0.1, -0.05) is 30.3 Å². The van der Waals surface area contributed by atoms with Crippen molar-refractivity contribution in [2.24, 2.45) is 7.05 Å². The maximum absolute atomic E-state index is 13.4. The number of imidazole rings is 1. The summed E-state index contributed by atoms with van der Waals surface area (Å²) in [7, 11) is 1.93. The van der Waals surface area contributed by atoms with E-state index in [-0.39, 0.29) is 5.91 Å². The standard InChI is InChI=1S/C21H25N5O3/c1-24-8-7-22-18(24)15-26(10-9-25-11-13-28-14-12-25)21(27)19-20(29-16-23-19)17-5-3-2-4-6-17/h2-8,16H,9-15H2,1H3. The van der Waals surface area contributed by atoms with Crippen LogP contribution in [0.25, 0.3) is 11.3 Å². The molecule has 8 heteroatoms. The van der Waals surface area contributed by atoms with Crippen LogP contribution in [-0.2, 0) is 18.3 Å². The summed E-state index contributed by atoms with van der Waals surface area (Å²) in [5.41, 5.74) is 1.16. The first-order valence-electron chi connectivity index (χ1n) is 9.77. The number of carbonyl (C=O) groups excluding carboxylic acids is 1. The molecule has 0 radical (unpaired) electrons. The fourth-order valence-electron chi connectivity index (χ4n) is 3.40. The first-order valence-corrected chi connectivity index (χ1v) is 9.77. The van der Waals surface area contributed by atoms with E-state index in [1.807, 2.05) is 48.1 Å². The number of benzene rings is 1. The van der Waals surface area contributed by atoms with E-state index < -0.39 is 0 Å². The molecule has 0 atom stereocenters. The third kappa shape index (κ3) is 4.55. The van der Waals surface area contributed by atoms with Crippen LogP contribution in [0.2, 0.25) is 0 Å². The number of ether oxygens (including phenoxy) is 1. The van der Waals surface area contributed by atoms with E-state index in [1.165, 1.54) is 6.39 Å². The van der Waals surface area contributed by atoms with Crippen LogP contribution in [0.4, 0.5) is 0 Å². The van der Waals surface area contributed by atoms with Crippen LogP contribution in [0.3, 0.4) is 0 Å². The molecule has 1 aliphatic heterocycles. The fourth-order valence-corrected chi connectivity index (χ4v) is 3.40. The number of amides is 1. The lowest BCUT2D eigenvalue weighted by Crippen LogP contribution is -2.43. The van der Waals surface area contributed by atoms with Crippen molar-refractivity contribution >= 4 is 5.91 Å². The molecule has 0 unspecified atom stereocenters. The maximum Gasteiger partial charge on any atom is 0.276 e. The molecule has 152 valence electrons. The van der Waals surface area contributed by atoms with E-state index in [4.69, 9.17) is 9.15 Å².